The maximum absolute atomic E-state index is 11.6. The summed E-state index contributed by atoms with van der Waals surface area (Å²) in [6, 6.07) is 0. The van der Waals surface area contributed by atoms with Crippen molar-refractivity contribution < 1.29 is 4.79 Å². The summed E-state index contributed by atoms with van der Waals surface area (Å²) in [5.74, 6) is 0.391. The molecule has 3 heteroatoms. The summed E-state index contributed by atoms with van der Waals surface area (Å²) in [6.07, 6.45) is 2.46. The maximum atomic E-state index is 11.6. The van der Waals surface area contributed by atoms with Crippen molar-refractivity contribution in [3.8, 4) is 0 Å². The Balaban J connectivity index is 4.04. The number of hydrogen-bond donors (Lipinski definition) is 2. The molecule has 0 rings (SSSR count). The number of carbonyl (C=O) groups is 1. The molecule has 0 aromatic rings. The Kier molecular flexibility index (Phi) is 5.77. The zero-order valence-electron chi connectivity index (χ0n) is 9.89. The second-order valence-electron chi connectivity index (χ2n) is 4.36. The lowest BCUT2D eigenvalue weighted by Gasteiger charge is -2.28. The van der Waals surface area contributed by atoms with Crippen LogP contribution in [0.4, 0.5) is 0 Å². The Morgan fingerprint density at radius 2 is 1.93 bits per heavy atom. The van der Waals surface area contributed by atoms with Gasteiger partial charge in [-0.15, -0.1) is 0 Å². The molecule has 0 fully saturated rings. The third-order valence-electron chi connectivity index (χ3n) is 2.94. The molecule has 1 unspecified atom stereocenters. The van der Waals surface area contributed by atoms with E-state index >= 15 is 0 Å². The van der Waals surface area contributed by atoms with Gasteiger partial charge < -0.3 is 11.1 Å². The minimum atomic E-state index is -0.0502. The molecule has 0 aliphatic carbocycles. The average molecular weight is 200 g/mol. The molecule has 0 bridgehead atoms. The van der Waals surface area contributed by atoms with E-state index in [9.17, 15) is 4.79 Å². The first-order valence-corrected chi connectivity index (χ1v) is 5.48. The first-order chi connectivity index (χ1) is 6.47. The van der Waals surface area contributed by atoms with Crippen LogP contribution in [-0.2, 0) is 4.79 Å². The van der Waals surface area contributed by atoms with Gasteiger partial charge in [-0.25, -0.2) is 0 Å². The predicted octanol–water partition coefficient (Wildman–Crippen LogP) is 1.67. The van der Waals surface area contributed by atoms with Crippen molar-refractivity contribution in [3.63, 3.8) is 0 Å². The summed E-state index contributed by atoms with van der Waals surface area (Å²) >= 11 is 0. The Morgan fingerprint density at radius 1 is 1.43 bits per heavy atom. The van der Waals surface area contributed by atoms with Crippen molar-refractivity contribution >= 4 is 5.91 Å². The topological polar surface area (TPSA) is 55.1 Å². The average Bonchev–Trinajstić information content (AvgIpc) is 2.17. The standard InChI is InChI=1S/C11H24N2O/c1-5-11(4,6-2)13-10(14)7-9(3)8-12/h9H,5-8,12H2,1-4H3,(H,13,14). The number of rotatable bonds is 6. The molecule has 0 aromatic carbocycles. The van der Waals surface area contributed by atoms with Gasteiger partial charge in [-0.3, -0.25) is 4.79 Å². The van der Waals surface area contributed by atoms with Gasteiger partial charge in [-0.2, -0.15) is 0 Å². The highest BCUT2D eigenvalue weighted by Crippen LogP contribution is 2.14. The Morgan fingerprint density at radius 3 is 2.29 bits per heavy atom. The maximum Gasteiger partial charge on any atom is 0.220 e. The van der Waals surface area contributed by atoms with E-state index in [2.05, 4.69) is 26.1 Å². The monoisotopic (exact) mass is 200 g/mol. The molecule has 1 amide bonds. The third-order valence-corrected chi connectivity index (χ3v) is 2.94. The van der Waals surface area contributed by atoms with Crippen LogP contribution in [0.1, 0.15) is 47.0 Å². The van der Waals surface area contributed by atoms with Crippen molar-refractivity contribution in [1.82, 2.24) is 5.32 Å². The van der Waals surface area contributed by atoms with E-state index in [4.69, 9.17) is 5.73 Å². The normalized spacial score (nSPS) is 13.8. The fourth-order valence-corrected chi connectivity index (χ4v) is 1.21. The van der Waals surface area contributed by atoms with E-state index in [1.54, 1.807) is 0 Å². The fraction of sp³-hybridized carbons (Fsp3) is 0.909. The van der Waals surface area contributed by atoms with Crippen LogP contribution < -0.4 is 11.1 Å². The van der Waals surface area contributed by atoms with E-state index in [1.165, 1.54) is 0 Å². The molecule has 3 N–H and O–H groups in total. The van der Waals surface area contributed by atoms with Crippen molar-refractivity contribution in [2.45, 2.75) is 52.5 Å². The van der Waals surface area contributed by atoms with Gasteiger partial charge in [0.05, 0.1) is 0 Å². The number of nitrogens with one attached hydrogen (secondary N) is 1. The molecule has 0 heterocycles. The highest BCUT2D eigenvalue weighted by atomic mass is 16.1. The van der Waals surface area contributed by atoms with Crippen LogP contribution in [-0.4, -0.2) is 18.0 Å². The second-order valence-corrected chi connectivity index (χ2v) is 4.36. The highest BCUT2D eigenvalue weighted by Gasteiger charge is 2.22. The second kappa shape index (κ2) is 6.02. The van der Waals surface area contributed by atoms with Crippen LogP contribution in [0.25, 0.3) is 0 Å². The summed E-state index contributed by atoms with van der Waals surface area (Å²) in [7, 11) is 0. The number of carbonyl (C=O) groups excluding carboxylic acids is 1. The predicted molar refractivity (Wildman–Crippen MR) is 60.0 cm³/mol. The molecular formula is C11H24N2O. The van der Waals surface area contributed by atoms with Crippen LogP contribution in [0.2, 0.25) is 0 Å². The number of hydrogen-bond acceptors (Lipinski definition) is 2. The largest absolute Gasteiger partial charge is 0.351 e. The summed E-state index contributed by atoms with van der Waals surface area (Å²) < 4.78 is 0. The summed E-state index contributed by atoms with van der Waals surface area (Å²) in [4.78, 5) is 11.6. The van der Waals surface area contributed by atoms with Crippen molar-refractivity contribution in [2.75, 3.05) is 6.54 Å². The molecule has 3 nitrogen and oxygen atoms in total. The fourth-order valence-electron chi connectivity index (χ4n) is 1.21. The minimum absolute atomic E-state index is 0.0502. The van der Waals surface area contributed by atoms with Gasteiger partial charge >= 0.3 is 0 Å². The molecule has 0 aromatic heterocycles. The van der Waals surface area contributed by atoms with Gasteiger partial charge in [0.15, 0.2) is 0 Å². The zero-order chi connectivity index (χ0) is 11.2. The van der Waals surface area contributed by atoms with Crippen molar-refractivity contribution in [3.05, 3.63) is 0 Å². The SMILES string of the molecule is CCC(C)(CC)NC(=O)CC(C)CN. The van der Waals surface area contributed by atoms with Gasteiger partial charge in [0, 0.05) is 12.0 Å². The molecule has 0 spiro atoms. The van der Waals surface area contributed by atoms with Crippen LogP contribution in [0.15, 0.2) is 0 Å². The number of amides is 1. The summed E-state index contributed by atoms with van der Waals surface area (Å²) in [5, 5.41) is 3.06. The van der Waals surface area contributed by atoms with Crippen LogP contribution in [0, 0.1) is 5.92 Å². The molecule has 0 saturated carbocycles. The highest BCUT2D eigenvalue weighted by molar-refractivity contribution is 5.76. The Hall–Kier alpha value is -0.570. The van der Waals surface area contributed by atoms with E-state index in [0.29, 0.717) is 13.0 Å². The molecular weight excluding hydrogens is 176 g/mol. The summed E-state index contributed by atoms with van der Waals surface area (Å²) in [5.41, 5.74) is 5.42. The molecule has 0 saturated heterocycles. The third kappa shape index (κ3) is 4.61. The molecule has 0 aliphatic heterocycles. The van der Waals surface area contributed by atoms with Gasteiger partial charge in [-0.05, 0) is 32.2 Å². The van der Waals surface area contributed by atoms with E-state index in [-0.39, 0.29) is 17.4 Å². The van der Waals surface area contributed by atoms with Crippen LogP contribution >= 0.6 is 0 Å². The lowest BCUT2D eigenvalue weighted by molar-refractivity contribution is -0.123. The minimum Gasteiger partial charge on any atom is -0.351 e. The Bertz CT molecular complexity index is 176. The first kappa shape index (κ1) is 13.4. The van der Waals surface area contributed by atoms with Crippen molar-refractivity contribution in [2.24, 2.45) is 11.7 Å². The lowest BCUT2D eigenvalue weighted by Crippen LogP contribution is -2.45. The van der Waals surface area contributed by atoms with Gasteiger partial charge in [0.2, 0.25) is 5.91 Å². The molecule has 1 atom stereocenters. The Labute approximate surface area is 87.4 Å². The molecule has 14 heavy (non-hydrogen) atoms. The van der Waals surface area contributed by atoms with E-state index in [0.717, 1.165) is 12.8 Å². The number of nitrogens with two attached hydrogens (primary N) is 1. The van der Waals surface area contributed by atoms with Gasteiger partial charge in [-0.1, -0.05) is 20.8 Å². The van der Waals surface area contributed by atoms with E-state index < -0.39 is 0 Å². The first-order valence-electron chi connectivity index (χ1n) is 5.48. The van der Waals surface area contributed by atoms with E-state index in [1.807, 2.05) is 6.92 Å². The van der Waals surface area contributed by atoms with Crippen molar-refractivity contribution in [1.29, 1.82) is 0 Å². The van der Waals surface area contributed by atoms with Gasteiger partial charge in [0.1, 0.15) is 0 Å². The molecule has 0 radical (unpaired) electrons. The molecule has 84 valence electrons. The summed E-state index contributed by atoms with van der Waals surface area (Å²) in [6.45, 7) is 8.83. The van der Waals surface area contributed by atoms with Crippen LogP contribution in [0.3, 0.4) is 0 Å². The smallest absolute Gasteiger partial charge is 0.220 e. The molecule has 0 aliphatic rings. The lowest BCUT2D eigenvalue weighted by atomic mass is 9.95. The zero-order valence-corrected chi connectivity index (χ0v) is 9.89. The van der Waals surface area contributed by atoms with Gasteiger partial charge in [0.25, 0.3) is 0 Å². The van der Waals surface area contributed by atoms with Crippen LogP contribution in [0.5, 0.6) is 0 Å². The quantitative estimate of drug-likeness (QED) is 0.685.